The van der Waals surface area contributed by atoms with Gasteiger partial charge in [0, 0.05) is 32.3 Å². The number of nitriles is 1. The second-order valence-corrected chi connectivity index (χ2v) is 9.25. The minimum absolute atomic E-state index is 0.00818. The SMILES string of the molecule is CCc1nc2ccn(CC(=O)N3CCCCC3)c(=O)c2n1Cc1ccc(-c2ccccc2C#N)cc1. The number of aryl methyl sites for hydroxylation is 1. The maximum absolute atomic E-state index is 13.5. The number of hydrogen-bond acceptors (Lipinski definition) is 4. The number of nitrogens with zero attached hydrogens (tertiary/aromatic N) is 5. The number of likely N-dealkylation sites (tertiary alicyclic amines) is 1. The summed E-state index contributed by atoms with van der Waals surface area (Å²) in [4.78, 5) is 32.9. The predicted molar refractivity (Wildman–Crippen MR) is 139 cm³/mol. The molecule has 1 saturated heterocycles. The first-order valence-electron chi connectivity index (χ1n) is 12.5. The first kappa shape index (κ1) is 23.6. The zero-order valence-corrected chi connectivity index (χ0v) is 20.5. The van der Waals surface area contributed by atoms with Crippen LogP contribution < -0.4 is 5.56 Å². The third-order valence-corrected chi connectivity index (χ3v) is 6.93. The van der Waals surface area contributed by atoms with Gasteiger partial charge < -0.3 is 14.0 Å². The van der Waals surface area contributed by atoms with Gasteiger partial charge in [-0.25, -0.2) is 4.98 Å². The molecule has 0 atom stereocenters. The summed E-state index contributed by atoms with van der Waals surface area (Å²) in [5, 5.41) is 9.43. The van der Waals surface area contributed by atoms with Gasteiger partial charge >= 0.3 is 0 Å². The van der Waals surface area contributed by atoms with Crippen LogP contribution in [0.3, 0.4) is 0 Å². The average Bonchev–Trinajstić information content (AvgIpc) is 3.29. The molecule has 0 bridgehead atoms. The minimum Gasteiger partial charge on any atom is -0.341 e. The van der Waals surface area contributed by atoms with E-state index in [1.54, 1.807) is 6.20 Å². The molecule has 4 aromatic rings. The highest BCUT2D eigenvalue weighted by molar-refractivity contribution is 5.78. The minimum atomic E-state index is -0.190. The van der Waals surface area contributed by atoms with Crippen LogP contribution in [0.2, 0.25) is 0 Å². The van der Waals surface area contributed by atoms with Crippen molar-refractivity contribution in [2.24, 2.45) is 0 Å². The van der Waals surface area contributed by atoms with Crippen LogP contribution in [0.5, 0.6) is 0 Å². The van der Waals surface area contributed by atoms with Crippen molar-refractivity contribution in [3.05, 3.63) is 88.1 Å². The summed E-state index contributed by atoms with van der Waals surface area (Å²) < 4.78 is 3.48. The topological polar surface area (TPSA) is 83.9 Å². The van der Waals surface area contributed by atoms with E-state index in [1.165, 1.54) is 4.57 Å². The summed E-state index contributed by atoms with van der Waals surface area (Å²) >= 11 is 0. The number of pyridine rings is 1. The molecule has 7 nitrogen and oxygen atoms in total. The molecule has 0 N–H and O–H groups in total. The summed E-state index contributed by atoms with van der Waals surface area (Å²) in [5.74, 6) is 0.826. The van der Waals surface area contributed by atoms with E-state index in [-0.39, 0.29) is 18.0 Å². The van der Waals surface area contributed by atoms with Crippen LogP contribution in [0.25, 0.3) is 22.2 Å². The van der Waals surface area contributed by atoms with E-state index in [0.29, 0.717) is 29.6 Å². The highest BCUT2D eigenvalue weighted by Gasteiger charge is 2.20. The van der Waals surface area contributed by atoms with Crippen molar-refractivity contribution >= 4 is 16.9 Å². The number of carbonyl (C=O) groups is 1. The Balaban J connectivity index is 1.45. The summed E-state index contributed by atoms with van der Waals surface area (Å²) in [7, 11) is 0. The second-order valence-electron chi connectivity index (χ2n) is 9.25. The molecule has 0 unspecified atom stereocenters. The molecule has 0 saturated carbocycles. The maximum Gasteiger partial charge on any atom is 0.277 e. The van der Waals surface area contributed by atoms with Gasteiger partial charge in [0.2, 0.25) is 5.91 Å². The van der Waals surface area contributed by atoms with Gasteiger partial charge in [-0.3, -0.25) is 9.59 Å². The lowest BCUT2D eigenvalue weighted by Gasteiger charge is -2.26. The van der Waals surface area contributed by atoms with Gasteiger partial charge in [-0.1, -0.05) is 49.4 Å². The Morgan fingerprint density at radius 2 is 1.78 bits per heavy atom. The normalized spacial score (nSPS) is 13.6. The molecule has 0 radical (unpaired) electrons. The van der Waals surface area contributed by atoms with E-state index >= 15 is 0 Å². The van der Waals surface area contributed by atoms with Gasteiger partial charge in [-0.2, -0.15) is 5.26 Å². The molecule has 2 aromatic heterocycles. The molecule has 36 heavy (non-hydrogen) atoms. The number of piperidine rings is 1. The zero-order chi connectivity index (χ0) is 25.1. The van der Waals surface area contributed by atoms with Gasteiger partial charge in [0.15, 0.2) is 0 Å². The average molecular weight is 480 g/mol. The number of rotatable bonds is 6. The van der Waals surface area contributed by atoms with Gasteiger partial charge in [0.1, 0.15) is 17.9 Å². The van der Waals surface area contributed by atoms with Crippen LogP contribution in [-0.4, -0.2) is 38.0 Å². The Hall–Kier alpha value is -4.18. The Kier molecular flexibility index (Phi) is 6.68. The first-order valence-corrected chi connectivity index (χ1v) is 12.5. The number of benzene rings is 2. The summed E-state index contributed by atoms with van der Waals surface area (Å²) in [6.45, 7) is 4.11. The molecule has 1 aliphatic rings. The van der Waals surface area contributed by atoms with E-state index in [1.807, 2.05) is 71.0 Å². The molecular formula is C29H29N5O2. The number of amides is 1. The number of aromatic nitrogens is 3. The molecule has 1 amide bonds. The van der Waals surface area contributed by atoms with Crippen molar-refractivity contribution in [1.29, 1.82) is 5.26 Å². The summed E-state index contributed by atoms with van der Waals surface area (Å²) in [6, 6.07) is 19.7. The first-order chi connectivity index (χ1) is 17.6. The van der Waals surface area contributed by atoms with E-state index in [9.17, 15) is 14.9 Å². The number of carbonyl (C=O) groups excluding carboxylic acids is 1. The Labute approximate surface area is 210 Å². The molecule has 0 aliphatic carbocycles. The zero-order valence-electron chi connectivity index (χ0n) is 20.5. The molecule has 5 rings (SSSR count). The lowest BCUT2D eigenvalue weighted by Crippen LogP contribution is -2.39. The second kappa shape index (κ2) is 10.2. The number of imidazole rings is 1. The van der Waals surface area contributed by atoms with Crippen LogP contribution in [-0.2, 0) is 24.3 Å². The summed E-state index contributed by atoms with van der Waals surface area (Å²) in [6.07, 6.45) is 5.57. The predicted octanol–water partition coefficient (Wildman–Crippen LogP) is 4.36. The molecule has 182 valence electrons. The van der Waals surface area contributed by atoms with E-state index in [4.69, 9.17) is 4.98 Å². The smallest absolute Gasteiger partial charge is 0.277 e. The molecule has 7 heteroatoms. The van der Waals surface area contributed by atoms with E-state index in [0.717, 1.165) is 54.9 Å². The highest BCUT2D eigenvalue weighted by Crippen LogP contribution is 2.24. The molecular weight excluding hydrogens is 450 g/mol. The van der Waals surface area contributed by atoms with Crippen LogP contribution in [0.15, 0.2) is 65.6 Å². The molecule has 1 fully saturated rings. The Morgan fingerprint density at radius 3 is 2.50 bits per heavy atom. The Morgan fingerprint density at radius 1 is 1.03 bits per heavy atom. The van der Waals surface area contributed by atoms with Gasteiger partial charge in [-0.15, -0.1) is 0 Å². The fourth-order valence-electron chi connectivity index (χ4n) is 4.98. The molecule has 1 aliphatic heterocycles. The summed E-state index contributed by atoms with van der Waals surface area (Å²) in [5.41, 5.74) is 4.53. The van der Waals surface area contributed by atoms with Gasteiger partial charge in [0.25, 0.3) is 5.56 Å². The van der Waals surface area contributed by atoms with E-state index < -0.39 is 0 Å². The van der Waals surface area contributed by atoms with Crippen LogP contribution >= 0.6 is 0 Å². The third-order valence-electron chi connectivity index (χ3n) is 6.93. The van der Waals surface area contributed by atoms with Crippen LogP contribution in [0, 0.1) is 11.3 Å². The van der Waals surface area contributed by atoms with Gasteiger partial charge in [0.05, 0.1) is 17.1 Å². The molecule has 3 heterocycles. The third kappa shape index (κ3) is 4.55. The standard InChI is InChI=1S/C29H29N5O2/c1-2-26-31-25-14-17-33(20-27(35)32-15-6-3-7-16-32)29(36)28(25)34(26)19-21-10-12-22(13-11-21)24-9-5-4-8-23(24)18-30/h4-5,8-14,17H,2-3,6-7,15-16,19-20H2,1H3. The molecule has 0 spiro atoms. The van der Waals surface area contributed by atoms with Gasteiger partial charge in [-0.05, 0) is 48.1 Å². The van der Waals surface area contributed by atoms with Crippen molar-refractivity contribution in [3.8, 4) is 17.2 Å². The highest BCUT2D eigenvalue weighted by atomic mass is 16.2. The largest absolute Gasteiger partial charge is 0.341 e. The van der Waals surface area contributed by atoms with Crippen LogP contribution in [0.4, 0.5) is 0 Å². The Bertz CT molecular complexity index is 1500. The van der Waals surface area contributed by atoms with Crippen molar-refractivity contribution < 1.29 is 4.79 Å². The van der Waals surface area contributed by atoms with Crippen molar-refractivity contribution in [2.45, 2.75) is 45.7 Å². The monoisotopic (exact) mass is 479 g/mol. The lowest BCUT2D eigenvalue weighted by molar-refractivity contribution is -0.132. The fraction of sp³-hybridized carbons (Fsp3) is 0.310. The van der Waals surface area contributed by atoms with Crippen molar-refractivity contribution in [3.63, 3.8) is 0 Å². The number of hydrogen-bond donors (Lipinski definition) is 0. The van der Waals surface area contributed by atoms with Crippen molar-refractivity contribution in [2.75, 3.05) is 13.1 Å². The number of fused-ring (bicyclic) bond motifs is 1. The maximum atomic E-state index is 13.5. The van der Waals surface area contributed by atoms with Crippen LogP contribution in [0.1, 0.15) is 43.1 Å². The quantitative estimate of drug-likeness (QED) is 0.411. The lowest BCUT2D eigenvalue weighted by atomic mass is 9.99. The fourth-order valence-corrected chi connectivity index (χ4v) is 4.98. The van der Waals surface area contributed by atoms with E-state index in [2.05, 4.69) is 6.07 Å². The van der Waals surface area contributed by atoms with Crippen molar-refractivity contribution in [1.82, 2.24) is 19.0 Å². The molecule has 2 aromatic carbocycles.